The second-order valence-electron chi connectivity index (χ2n) is 7.77. The van der Waals surface area contributed by atoms with Crippen LogP contribution >= 0.6 is 11.3 Å². The Morgan fingerprint density at radius 1 is 1.22 bits per heavy atom. The van der Waals surface area contributed by atoms with Crippen LogP contribution in [0.1, 0.15) is 44.6 Å². The summed E-state index contributed by atoms with van der Waals surface area (Å²) < 4.78 is 33.4. The summed E-state index contributed by atoms with van der Waals surface area (Å²) in [4.78, 5) is 29.9. The van der Waals surface area contributed by atoms with Gasteiger partial charge in [-0.2, -0.15) is 0 Å². The Balaban J connectivity index is 0.000000877. The summed E-state index contributed by atoms with van der Waals surface area (Å²) in [5.74, 6) is 0.264. The van der Waals surface area contributed by atoms with Crippen molar-refractivity contribution in [2.45, 2.75) is 45.1 Å². The van der Waals surface area contributed by atoms with Gasteiger partial charge in [-0.05, 0) is 57.5 Å². The van der Waals surface area contributed by atoms with Gasteiger partial charge in [-0.1, -0.05) is 6.92 Å². The first-order valence-electron chi connectivity index (χ1n) is 11.4. The predicted octanol–water partition coefficient (Wildman–Crippen LogP) is 3.70. The zero-order chi connectivity index (χ0) is 27.4. The Morgan fingerprint density at radius 3 is 2.51 bits per heavy atom. The molecule has 1 amide bonds. The lowest BCUT2D eigenvalue weighted by atomic mass is 10.2. The number of aromatic nitrogens is 2. The molecule has 0 fully saturated rings. The van der Waals surface area contributed by atoms with Gasteiger partial charge in [-0.25, -0.2) is 18.5 Å². The maximum absolute atomic E-state index is 12.0. The van der Waals surface area contributed by atoms with E-state index in [2.05, 4.69) is 25.3 Å². The van der Waals surface area contributed by atoms with Crippen molar-refractivity contribution in [2.75, 3.05) is 18.5 Å². The zero-order valence-electron chi connectivity index (χ0n) is 21.1. The zero-order valence-corrected chi connectivity index (χ0v) is 22.7. The van der Waals surface area contributed by atoms with Crippen LogP contribution in [0.3, 0.4) is 0 Å². The molecule has 0 saturated heterocycles. The van der Waals surface area contributed by atoms with Gasteiger partial charge in [0, 0.05) is 23.7 Å². The molecule has 2 aromatic heterocycles. The van der Waals surface area contributed by atoms with Crippen LogP contribution in [0.2, 0.25) is 0 Å². The normalized spacial score (nSPS) is 10.8. The quantitative estimate of drug-likeness (QED) is 0.303. The van der Waals surface area contributed by atoms with E-state index in [1.165, 1.54) is 23.5 Å². The lowest BCUT2D eigenvalue weighted by Gasteiger charge is -2.15. The van der Waals surface area contributed by atoms with Gasteiger partial charge in [0.15, 0.2) is 5.13 Å². The molecule has 0 radical (unpaired) electrons. The van der Waals surface area contributed by atoms with Crippen molar-refractivity contribution in [3.63, 3.8) is 0 Å². The highest BCUT2D eigenvalue weighted by molar-refractivity contribution is 7.89. The number of amides is 1. The molecule has 4 N–H and O–H groups in total. The van der Waals surface area contributed by atoms with Crippen LogP contribution < -0.4 is 20.5 Å². The van der Waals surface area contributed by atoms with Gasteiger partial charge in [-0.3, -0.25) is 14.6 Å². The largest absolute Gasteiger partial charge is 0.489 e. The topological polar surface area (TPSA) is 163 Å². The van der Waals surface area contributed by atoms with E-state index in [9.17, 15) is 18.0 Å². The fourth-order valence-electron chi connectivity index (χ4n) is 2.80. The number of nitrogens with one attached hydrogen (secondary N) is 2. The fourth-order valence-corrected chi connectivity index (χ4v) is 4.07. The Morgan fingerprint density at radius 2 is 1.97 bits per heavy atom. The summed E-state index contributed by atoms with van der Waals surface area (Å²) in [6.07, 6.45) is 2.33. The van der Waals surface area contributed by atoms with Gasteiger partial charge in [-0.15, -0.1) is 11.3 Å². The van der Waals surface area contributed by atoms with Crippen LogP contribution in [0.5, 0.6) is 5.75 Å². The molecular formula is C24H31N5O6S2. The minimum absolute atomic E-state index is 0.0333. The van der Waals surface area contributed by atoms with Crippen molar-refractivity contribution in [1.82, 2.24) is 15.3 Å². The van der Waals surface area contributed by atoms with Crippen molar-refractivity contribution in [3.05, 3.63) is 47.6 Å². The average molecular weight is 550 g/mol. The number of hydrogen-bond acceptors (Lipinski definition) is 10. The molecule has 200 valence electrons. The van der Waals surface area contributed by atoms with E-state index < -0.39 is 10.0 Å². The number of rotatable bonds is 11. The smallest absolute Gasteiger partial charge is 0.293 e. The van der Waals surface area contributed by atoms with Crippen molar-refractivity contribution in [1.29, 1.82) is 0 Å². The van der Waals surface area contributed by atoms with Crippen LogP contribution in [0.15, 0.2) is 46.8 Å². The summed E-state index contributed by atoms with van der Waals surface area (Å²) in [6.45, 7) is 8.99. The van der Waals surface area contributed by atoms with Crippen molar-refractivity contribution in [3.8, 4) is 17.0 Å². The minimum atomic E-state index is -3.87. The van der Waals surface area contributed by atoms with Gasteiger partial charge in [0.05, 0.1) is 29.0 Å². The Bertz CT molecular complexity index is 1280. The van der Waals surface area contributed by atoms with Gasteiger partial charge in [0.2, 0.25) is 10.0 Å². The number of anilines is 2. The molecule has 0 aliphatic heterocycles. The number of thiazole rings is 1. The van der Waals surface area contributed by atoms with Crippen molar-refractivity contribution >= 4 is 44.6 Å². The number of carbonyl (C=O) groups excluding carboxylic acids is 2. The number of ether oxygens (including phenoxy) is 2. The second-order valence-corrected chi connectivity index (χ2v) is 10.2. The molecule has 37 heavy (non-hydrogen) atoms. The van der Waals surface area contributed by atoms with E-state index in [0.717, 1.165) is 12.0 Å². The monoisotopic (exact) mass is 549 g/mol. The number of hydrogen-bond donors (Lipinski definition) is 3. The number of nitrogens with zero attached hydrogens (tertiary/aromatic N) is 2. The summed E-state index contributed by atoms with van der Waals surface area (Å²) in [7, 11) is -3.87. The van der Waals surface area contributed by atoms with E-state index in [0.29, 0.717) is 47.6 Å². The molecule has 11 nitrogen and oxygen atoms in total. The van der Waals surface area contributed by atoms with E-state index in [4.69, 9.17) is 9.88 Å². The third-order valence-electron chi connectivity index (χ3n) is 4.45. The van der Waals surface area contributed by atoms with Crippen LogP contribution in [-0.2, 0) is 19.6 Å². The van der Waals surface area contributed by atoms with E-state index in [1.807, 2.05) is 26.2 Å². The second kappa shape index (κ2) is 14.3. The predicted molar refractivity (Wildman–Crippen MR) is 143 cm³/mol. The van der Waals surface area contributed by atoms with Crippen LogP contribution in [-0.4, -0.2) is 50.0 Å². The molecule has 0 unspecified atom stereocenters. The summed E-state index contributed by atoms with van der Waals surface area (Å²) in [5.41, 5.74) is 2.19. The first-order chi connectivity index (χ1) is 17.6. The summed E-state index contributed by atoms with van der Waals surface area (Å²) in [6, 6.07) is 7.80. The lowest BCUT2D eigenvalue weighted by molar-refractivity contribution is -0.128. The number of benzene rings is 1. The maximum Gasteiger partial charge on any atom is 0.293 e. The SMILES string of the molecule is CCCNC(=O)c1ccc(-c2csc(Nc3cc(S(N)(=O)=O)ccc3OC(C)C)n2)cn1.CCOC=O. The number of sulfonamides is 1. The molecule has 0 bridgehead atoms. The summed E-state index contributed by atoms with van der Waals surface area (Å²) >= 11 is 1.34. The highest BCUT2D eigenvalue weighted by atomic mass is 32.2. The first-order valence-corrected chi connectivity index (χ1v) is 13.9. The molecule has 0 aliphatic rings. The Labute approximate surface area is 220 Å². The standard InChI is InChI=1S/C21H25N5O4S2.C3H6O2/c1-4-9-23-20(27)16-7-5-14(11-24-16)18-12-31-21(26-18)25-17-10-15(32(22,28)29)6-8-19(17)30-13(2)3;1-2-5-3-4/h5-8,10-13H,4,9H2,1-3H3,(H,23,27)(H,25,26)(H2,22,28,29);3H,2H2,1H3. The third-order valence-corrected chi connectivity index (χ3v) is 6.12. The Kier molecular flexibility index (Phi) is 11.4. The molecule has 3 rings (SSSR count). The number of carbonyl (C=O) groups is 2. The van der Waals surface area contributed by atoms with Crippen molar-refractivity contribution in [2.24, 2.45) is 5.14 Å². The molecular weight excluding hydrogens is 518 g/mol. The molecule has 0 aliphatic carbocycles. The molecule has 0 saturated carbocycles. The van der Waals surface area contributed by atoms with Crippen LogP contribution in [0.4, 0.5) is 10.8 Å². The Hall–Kier alpha value is -3.55. The molecule has 0 spiro atoms. The summed E-state index contributed by atoms with van der Waals surface area (Å²) in [5, 5.41) is 13.5. The van der Waals surface area contributed by atoms with Gasteiger partial charge in [0.1, 0.15) is 11.4 Å². The molecule has 2 heterocycles. The van der Waals surface area contributed by atoms with Crippen LogP contribution in [0, 0.1) is 0 Å². The highest BCUT2D eigenvalue weighted by Gasteiger charge is 2.15. The third kappa shape index (κ3) is 9.44. The van der Waals surface area contributed by atoms with Gasteiger partial charge < -0.3 is 20.1 Å². The minimum Gasteiger partial charge on any atom is -0.489 e. The average Bonchev–Trinajstić information content (AvgIpc) is 3.32. The fraction of sp³-hybridized carbons (Fsp3) is 0.333. The van der Waals surface area contributed by atoms with E-state index in [1.54, 1.807) is 31.3 Å². The van der Waals surface area contributed by atoms with E-state index in [-0.39, 0.29) is 16.9 Å². The van der Waals surface area contributed by atoms with Gasteiger partial charge >= 0.3 is 0 Å². The van der Waals surface area contributed by atoms with Gasteiger partial charge in [0.25, 0.3) is 12.4 Å². The molecule has 0 atom stereocenters. The number of primary sulfonamides is 1. The first kappa shape index (κ1) is 29.7. The highest BCUT2D eigenvalue weighted by Crippen LogP contribution is 2.33. The number of pyridine rings is 1. The van der Waals surface area contributed by atoms with E-state index >= 15 is 0 Å². The molecule has 3 aromatic rings. The van der Waals surface area contributed by atoms with Crippen molar-refractivity contribution < 1.29 is 27.5 Å². The lowest BCUT2D eigenvalue weighted by Crippen LogP contribution is -2.24. The number of nitrogens with two attached hydrogens (primary N) is 1. The van der Waals surface area contributed by atoms with Crippen LogP contribution in [0.25, 0.3) is 11.3 Å². The maximum atomic E-state index is 12.0. The molecule has 13 heteroatoms. The molecule has 1 aromatic carbocycles.